The quantitative estimate of drug-likeness (QED) is 0.345. The van der Waals surface area contributed by atoms with Crippen molar-refractivity contribution in [1.82, 2.24) is 15.5 Å². The van der Waals surface area contributed by atoms with E-state index in [0.29, 0.717) is 25.6 Å². The summed E-state index contributed by atoms with van der Waals surface area (Å²) in [5.41, 5.74) is 0. The van der Waals surface area contributed by atoms with E-state index in [1.165, 1.54) is 19.3 Å². The van der Waals surface area contributed by atoms with Gasteiger partial charge in [0.15, 0.2) is 5.96 Å². The predicted octanol–water partition coefficient (Wildman–Crippen LogP) is 1.48. The second-order valence-electron chi connectivity index (χ2n) is 6.28. The summed E-state index contributed by atoms with van der Waals surface area (Å²) in [6.07, 6.45) is 6.93. The van der Waals surface area contributed by atoms with Crippen molar-refractivity contribution in [2.24, 2.45) is 4.99 Å². The molecule has 1 saturated heterocycles. The highest BCUT2D eigenvalue weighted by molar-refractivity contribution is 14.0. The molecule has 3 N–H and O–H groups in total. The van der Waals surface area contributed by atoms with E-state index in [4.69, 9.17) is 0 Å². The number of aliphatic hydroxyl groups excluding tert-OH is 1. The van der Waals surface area contributed by atoms with Crippen molar-refractivity contribution in [3.63, 3.8) is 0 Å². The smallest absolute Gasteiger partial charge is 0.222 e. The van der Waals surface area contributed by atoms with Crippen molar-refractivity contribution in [2.75, 3.05) is 26.2 Å². The van der Waals surface area contributed by atoms with Gasteiger partial charge in [-0.3, -0.25) is 9.79 Å². The Labute approximate surface area is 156 Å². The van der Waals surface area contributed by atoms with Crippen LogP contribution in [0.1, 0.15) is 51.9 Å². The Morgan fingerprint density at radius 2 is 2.00 bits per heavy atom. The summed E-state index contributed by atoms with van der Waals surface area (Å²) in [7, 11) is 0. The monoisotopic (exact) mass is 438 g/mol. The molecular weight excluding hydrogens is 407 g/mol. The Morgan fingerprint density at radius 3 is 2.61 bits per heavy atom. The summed E-state index contributed by atoms with van der Waals surface area (Å²) in [6.45, 7) is 4.76. The fraction of sp³-hybridized carbons (Fsp3) is 0.875. The predicted molar refractivity (Wildman–Crippen MR) is 103 cm³/mol. The molecule has 0 aromatic heterocycles. The highest BCUT2D eigenvalue weighted by Gasteiger charge is 2.22. The Bertz CT molecular complexity index is 386. The summed E-state index contributed by atoms with van der Waals surface area (Å²) in [6, 6.07) is 0.368. The molecule has 2 rings (SSSR count). The maximum absolute atomic E-state index is 12.0. The molecule has 0 aromatic rings. The molecule has 1 aliphatic heterocycles. The first kappa shape index (κ1) is 20.5. The van der Waals surface area contributed by atoms with Gasteiger partial charge in [0.25, 0.3) is 0 Å². The van der Waals surface area contributed by atoms with Gasteiger partial charge in [0.1, 0.15) is 0 Å². The van der Waals surface area contributed by atoms with E-state index in [9.17, 15) is 9.90 Å². The van der Waals surface area contributed by atoms with Gasteiger partial charge in [-0.25, -0.2) is 0 Å². The van der Waals surface area contributed by atoms with Crippen molar-refractivity contribution < 1.29 is 9.90 Å². The largest absolute Gasteiger partial charge is 0.391 e. The van der Waals surface area contributed by atoms with Gasteiger partial charge in [0.05, 0.1) is 12.6 Å². The molecule has 0 bridgehead atoms. The number of guanidine groups is 1. The van der Waals surface area contributed by atoms with Crippen LogP contribution >= 0.6 is 24.0 Å². The summed E-state index contributed by atoms with van der Waals surface area (Å²) < 4.78 is 0. The van der Waals surface area contributed by atoms with E-state index in [1.807, 2.05) is 6.92 Å². The van der Waals surface area contributed by atoms with Gasteiger partial charge in [0.2, 0.25) is 5.91 Å². The fourth-order valence-electron chi connectivity index (χ4n) is 3.17. The number of hydrogen-bond acceptors (Lipinski definition) is 3. The lowest BCUT2D eigenvalue weighted by atomic mass is 9.95. The zero-order valence-corrected chi connectivity index (χ0v) is 16.4. The minimum absolute atomic E-state index is 0. The zero-order chi connectivity index (χ0) is 15.8. The molecule has 0 spiro atoms. The van der Waals surface area contributed by atoms with Crippen LogP contribution in [0.5, 0.6) is 0 Å². The minimum atomic E-state index is -0.265. The average Bonchev–Trinajstić information content (AvgIpc) is 2.94. The van der Waals surface area contributed by atoms with E-state index in [1.54, 1.807) is 0 Å². The third-order valence-electron chi connectivity index (χ3n) is 4.37. The SMILES string of the molecule is CCNC(=NCCC(=O)NC1CCCCC1)N1CC[C@@H](O)C1.I. The number of hydrogen-bond donors (Lipinski definition) is 3. The molecule has 1 heterocycles. The number of nitrogens with zero attached hydrogens (tertiary/aromatic N) is 2. The summed E-state index contributed by atoms with van der Waals surface area (Å²) >= 11 is 0. The average molecular weight is 438 g/mol. The number of aliphatic hydroxyl groups is 1. The summed E-state index contributed by atoms with van der Waals surface area (Å²) in [4.78, 5) is 18.6. The number of rotatable bonds is 5. The third kappa shape index (κ3) is 7.24. The highest BCUT2D eigenvalue weighted by Crippen LogP contribution is 2.17. The van der Waals surface area contributed by atoms with Crippen LogP contribution in [0.3, 0.4) is 0 Å². The number of likely N-dealkylation sites (tertiary alicyclic amines) is 1. The maximum atomic E-state index is 12.0. The maximum Gasteiger partial charge on any atom is 0.222 e. The van der Waals surface area contributed by atoms with Gasteiger partial charge < -0.3 is 20.6 Å². The van der Waals surface area contributed by atoms with E-state index in [0.717, 1.165) is 38.3 Å². The first-order valence-electron chi connectivity index (χ1n) is 8.69. The van der Waals surface area contributed by atoms with Gasteiger partial charge >= 0.3 is 0 Å². The molecule has 7 heteroatoms. The summed E-state index contributed by atoms with van der Waals surface area (Å²) in [5, 5.41) is 16.0. The van der Waals surface area contributed by atoms with Crippen molar-refractivity contribution in [2.45, 2.75) is 64.0 Å². The van der Waals surface area contributed by atoms with Crippen LogP contribution in [0.2, 0.25) is 0 Å². The molecule has 0 aromatic carbocycles. The number of carbonyl (C=O) groups is 1. The van der Waals surface area contributed by atoms with E-state index in [2.05, 4.69) is 20.5 Å². The Kier molecular flexibility index (Phi) is 9.85. The van der Waals surface area contributed by atoms with Crippen molar-refractivity contribution in [3.8, 4) is 0 Å². The van der Waals surface area contributed by atoms with Crippen molar-refractivity contribution >= 4 is 35.8 Å². The molecule has 2 fully saturated rings. The lowest BCUT2D eigenvalue weighted by molar-refractivity contribution is -0.121. The summed E-state index contributed by atoms with van der Waals surface area (Å²) in [5.74, 6) is 0.914. The van der Waals surface area contributed by atoms with Crippen LogP contribution in [0.4, 0.5) is 0 Å². The molecule has 1 saturated carbocycles. The minimum Gasteiger partial charge on any atom is -0.391 e. The molecule has 23 heavy (non-hydrogen) atoms. The Morgan fingerprint density at radius 1 is 1.26 bits per heavy atom. The van der Waals surface area contributed by atoms with Gasteiger partial charge in [-0.1, -0.05) is 19.3 Å². The second kappa shape index (κ2) is 11.1. The van der Waals surface area contributed by atoms with E-state index in [-0.39, 0.29) is 36.0 Å². The lowest BCUT2D eigenvalue weighted by Crippen LogP contribution is -2.41. The lowest BCUT2D eigenvalue weighted by Gasteiger charge is -2.23. The Hall–Kier alpha value is -0.570. The second-order valence-corrected chi connectivity index (χ2v) is 6.28. The third-order valence-corrected chi connectivity index (χ3v) is 4.37. The molecule has 6 nitrogen and oxygen atoms in total. The Balaban J connectivity index is 0.00000264. The van der Waals surface area contributed by atoms with Crippen LogP contribution < -0.4 is 10.6 Å². The number of aliphatic imine (C=N–C) groups is 1. The van der Waals surface area contributed by atoms with E-state index >= 15 is 0 Å². The molecule has 1 amide bonds. The van der Waals surface area contributed by atoms with Crippen LogP contribution in [0, 0.1) is 0 Å². The van der Waals surface area contributed by atoms with Crippen LogP contribution in [-0.4, -0.2) is 60.2 Å². The zero-order valence-electron chi connectivity index (χ0n) is 14.1. The molecule has 2 aliphatic rings. The molecule has 0 unspecified atom stereocenters. The standard InChI is InChI=1S/C16H30N4O2.HI/c1-2-17-16(20-11-9-14(21)12-20)18-10-8-15(22)19-13-6-4-3-5-7-13;/h13-14,21H,2-12H2,1H3,(H,17,18)(H,19,22);1H/t14-;/m1./s1. The molecule has 1 aliphatic carbocycles. The van der Waals surface area contributed by atoms with Gasteiger partial charge in [-0.05, 0) is 26.2 Å². The molecular formula is C16H31IN4O2. The number of amides is 1. The number of carbonyl (C=O) groups excluding carboxylic acids is 1. The van der Waals surface area contributed by atoms with Gasteiger partial charge in [-0.2, -0.15) is 0 Å². The number of halogens is 1. The van der Waals surface area contributed by atoms with Gasteiger partial charge in [-0.15, -0.1) is 24.0 Å². The highest BCUT2D eigenvalue weighted by atomic mass is 127. The van der Waals surface area contributed by atoms with Crippen LogP contribution in [-0.2, 0) is 4.79 Å². The van der Waals surface area contributed by atoms with Crippen molar-refractivity contribution in [1.29, 1.82) is 0 Å². The van der Waals surface area contributed by atoms with Crippen LogP contribution in [0.25, 0.3) is 0 Å². The normalized spacial score (nSPS) is 22.6. The molecule has 0 radical (unpaired) electrons. The molecule has 134 valence electrons. The molecule has 1 atom stereocenters. The number of β-amino-alcohol motifs (C(OH)–C–C–N with tert-alkyl or cyclic N) is 1. The van der Waals surface area contributed by atoms with Gasteiger partial charge in [0, 0.05) is 32.1 Å². The van der Waals surface area contributed by atoms with Crippen molar-refractivity contribution in [3.05, 3.63) is 0 Å². The number of nitrogens with one attached hydrogen (secondary N) is 2. The topological polar surface area (TPSA) is 77.0 Å². The van der Waals surface area contributed by atoms with Crippen LogP contribution in [0.15, 0.2) is 4.99 Å². The van der Waals surface area contributed by atoms with E-state index < -0.39 is 0 Å². The fourth-order valence-corrected chi connectivity index (χ4v) is 3.17. The first-order chi connectivity index (χ1) is 10.7. The first-order valence-corrected chi connectivity index (χ1v) is 8.69.